The quantitative estimate of drug-likeness (QED) is 0.837. The molecular weight excluding hydrogens is 266 g/mol. The molecule has 6 heteroatoms. The largest absolute Gasteiger partial charge is 0.395 e. The second-order valence-corrected chi connectivity index (χ2v) is 6.44. The Morgan fingerprint density at radius 1 is 1.26 bits per heavy atom. The lowest BCUT2D eigenvalue weighted by Gasteiger charge is -2.10. The lowest BCUT2D eigenvalue weighted by molar-refractivity contribution is -0.117. The molecular formula is C13H17NO4S. The van der Waals surface area contributed by atoms with E-state index in [4.69, 9.17) is 5.11 Å². The molecule has 1 atom stereocenters. The van der Waals surface area contributed by atoms with Gasteiger partial charge in [0.05, 0.1) is 11.5 Å². The highest BCUT2D eigenvalue weighted by atomic mass is 32.2. The van der Waals surface area contributed by atoms with Gasteiger partial charge in [0.15, 0.2) is 0 Å². The molecule has 1 aliphatic carbocycles. The number of hydrogen-bond donors (Lipinski definition) is 2. The number of ketones is 1. The second-order valence-electron chi connectivity index (χ2n) is 4.67. The van der Waals surface area contributed by atoms with E-state index in [1.807, 2.05) is 0 Å². The van der Waals surface area contributed by atoms with E-state index in [0.29, 0.717) is 12.8 Å². The average Bonchev–Trinajstić information content (AvgIpc) is 2.83. The molecule has 1 aromatic rings. The molecule has 1 fully saturated rings. The zero-order valence-electron chi connectivity index (χ0n) is 10.5. The third-order valence-corrected chi connectivity index (χ3v) is 4.79. The van der Waals surface area contributed by atoms with Crippen molar-refractivity contribution >= 4 is 15.8 Å². The predicted octanol–water partition coefficient (Wildman–Crippen LogP) is 0.794. The maximum atomic E-state index is 11.8. The topological polar surface area (TPSA) is 83.5 Å². The normalized spacial score (nSPS) is 19.8. The highest BCUT2D eigenvalue weighted by Gasteiger charge is 2.23. The molecule has 1 aromatic carbocycles. The summed E-state index contributed by atoms with van der Waals surface area (Å²) < 4.78 is 25.9. The Balaban J connectivity index is 2.12. The van der Waals surface area contributed by atoms with E-state index in [1.54, 1.807) is 12.1 Å². The summed E-state index contributed by atoms with van der Waals surface area (Å²) in [6, 6.07) is 6.60. The monoisotopic (exact) mass is 283 g/mol. The van der Waals surface area contributed by atoms with Crippen LogP contribution in [0.15, 0.2) is 29.2 Å². The zero-order chi connectivity index (χ0) is 13.9. The van der Waals surface area contributed by atoms with Gasteiger partial charge < -0.3 is 5.11 Å². The number of benzene rings is 1. The van der Waals surface area contributed by atoms with Crippen molar-refractivity contribution in [3.8, 4) is 0 Å². The van der Waals surface area contributed by atoms with Gasteiger partial charge in [-0.05, 0) is 30.0 Å². The van der Waals surface area contributed by atoms with E-state index < -0.39 is 10.0 Å². The van der Waals surface area contributed by atoms with E-state index in [0.717, 1.165) is 12.0 Å². The molecule has 0 aliphatic heterocycles. The van der Waals surface area contributed by atoms with E-state index in [-0.39, 0.29) is 29.7 Å². The first-order valence-electron chi connectivity index (χ1n) is 6.25. The number of sulfonamides is 1. The first kappa shape index (κ1) is 14.2. The van der Waals surface area contributed by atoms with Gasteiger partial charge in [-0.15, -0.1) is 0 Å². The Morgan fingerprint density at radius 2 is 1.95 bits per heavy atom. The second kappa shape index (κ2) is 5.81. The standard InChI is InChI=1S/C13H17NO4S/c15-8-7-14-19(17,18)13-5-2-10(3-6-13)11-1-4-12(16)9-11/h2-3,5-6,11,14-15H,1,4,7-9H2. The molecule has 0 aromatic heterocycles. The Kier molecular flexibility index (Phi) is 4.34. The molecule has 2 N–H and O–H groups in total. The number of rotatable bonds is 5. The zero-order valence-corrected chi connectivity index (χ0v) is 11.3. The first-order valence-corrected chi connectivity index (χ1v) is 7.73. The highest BCUT2D eigenvalue weighted by Crippen LogP contribution is 2.32. The molecule has 0 heterocycles. The molecule has 1 saturated carbocycles. The van der Waals surface area contributed by atoms with Gasteiger partial charge in [-0.2, -0.15) is 0 Å². The van der Waals surface area contributed by atoms with Crippen molar-refractivity contribution in [3.63, 3.8) is 0 Å². The van der Waals surface area contributed by atoms with Gasteiger partial charge in [-0.25, -0.2) is 13.1 Å². The predicted molar refractivity (Wildman–Crippen MR) is 70.3 cm³/mol. The Bertz CT molecular complexity index is 551. The third kappa shape index (κ3) is 3.40. The number of nitrogens with one attached hydrogen (secondary N) is 1. The molecule has 104 valence electrons. The van der Waals surface area contributed by atoms with Crippen molar-refractivity contribution in [3.05, 3.63) is 29.8 Å². The van der Waals surface area contributed by atoms with Crippen molar-refractivity contribution < 1.29 is 18.3 Å². The van der Waals surface area contributed by atoms with E-state index in [2.05, 4.69) is 4.72 Å². The van der Waals surface area contributed by atoms with Crippen molar-refractivity contribution in [1.82, 2.24) is 4.72 Å². The number of hydrogen-bond acceptors (Lipinski definition) is 4. The minimum atomic E-state index is -3.55. The molecule has 1 aliphatic rings. The Morgan fingerprint density at radius 3 is 2.47 bits per heavy atom. The van der Waals surface area contributed by atoms with Crippen LogP contribution in [0.4, 0.5) is 0 Å². The maximum absolute atomic E-state index is 11.8. The fraction of sp³-hybridized carbons (Fsp3) is 0.462. The Labute approximate surface area is 112 Å². The van der Waals surface area contributed by atoms with Gasteiger partial charge in [0, 0.05) is 19.4 Å². The fourth-order valence-corrected chi connectivity index (χ4v) is 3.30. The average molecular weight is 283 g/mol. The minimum Gasteiger partial charge on any atom is -0.395 e. The molecule has 1 unspecified atom stereocenters. The molecule has 0 radical (unpaired) electrons. The minimum absolute atomic E-state index is 0.00120. The van der Waals surface area contributed by atoms with Crippen LogP contribution in [-0.4, -0.2) is 32.5 Å². The van der Waals surface area contributed by atoms with Gasteiger partial charge in [0.2, 0.25) is 10.0 Å². The first-order chi connectivity index (χ1) is 9.03. The van der Waals surface area contributed by atoms with Gasteiger partial charge >= 0.3 is 0 Å². The molecule has 0 spiro atoms. The summed E-state index contributed by atoms with van der Waals surface area (Å²) in [5.74, 6) is 0.487. The van der Waals surface area contributed by atoms with Crippen LogP contribution in [0.1, 0.15) is 30.7 Å². The maximum Gasteiger partial charge on any atom is 0.240 e. The summed E-state index contributed by atoms with van der Waals surface area (Å²) in [7, 11) is -3.55. The van der Waals surface area contributed by atoms with E-state index in [9.17, 15) is 13.2 Å². The number of Topliss-reactive ketones (excluding diaryl/α,β-unsaturated/α-hetero) is 1. The van der Waals surface area contributed by atoms with Crippen LogP contribution >= 0.6 is 0 Å². The van der Waals surface area contributed by atoms with Crippen LogP contribution in [0.3, 0.4) is 0 Å². The Hall–Kier alpha value is -1.24. The van der Waals surface area contributed by atoms with Gasteiger partial charge in [-0.1, -0.05) is 12.1 Å². The fourth-order valence-electron chi connectivity index (χ4n) is 2.28. The summed E-state index contributed by atoms with van der Waals surface area (Å²) >= 11 is 0. The van der Waals surface area contributed by atoms with Gasteiger partial charge in [0.25, 0.3) is 0 Å². The van der Waals surface area contributed by atoms with Crippen LogP contribution in [0.2, 0.25) is 0 Å². The van der Waals surface area contributed by atoms with Crippen LogP contribution in [0.5, 0.6) is 0 Å². The molecule has 0 saturated heterocycles. The van der Waals surface area contributed by atoms with Gasteiger partial charge in [-0.3, -0.25) is 4.79 Å². The van der Waals surface area contributed by atoms with Crippen molar-refractivity contribution in [2.24, 2.45) is 0 Å². The summed E-state index contributed by atoms with van der Waals surface area (Å²) in [5, 5.41) is 8.63. The SMILES string of the molecule is O=C1CCC(c2ccc(S(=O)(=O)NCCO)cc2)C1. The smallest absolute Gasteiger partial charge is 0.240 e. The molecule has 0 amide bonds. The highest BCUT2D eigenvalue weighted by molar-refractivity contribution is 7.89. The lowest BCUT2D eigenvalue weighted by atomic mass is 9.98. The van der Waals surface area contributed by atoms with Crippen molar-refractivity contribution in [2.45, 2.75) is 30.1 Å². The number of aliphatic hydroxyl groups excluding tert-OH is 1. The third-order valence-electron chi connectivity index (χ3n) is 3.31. The number of carbonyl (C=O) groups excluding carboxylic acids is 1. The van der Waals surface area contributed by atoms with E-state index >= 15 is 0 Å². The van der Waals surface area contributed by atoms with Gasteiger partial charge in [0.1, 0.15) is 5.78 Å². The number of aliphatic hydroxyl groups is 1. The lowest BCUT2D eigenvalue weighted by Crippen LogP contribution is -2.26. The molecule has 5 nitrogen and oxygen atoms in total. The van der Waals surface area contributed by atoms with Crippen molar-refractivity contribution in [2.75, 3.05) is 13.2 Å². The van der Waals surface area contributed by atoms with Crippen LogP contribution in [0, 0.1) is 0 Å². The van der Waals surface area contributed by atoms with Crippen LogP contribution < -0.4 is 4.72 Å². The summed E-state index contributed by atoms with van der Waals surface area (Å²) in [6.45, 7) is -0.233. The molecule has 2 rings (SSSR count). The number of carbonyl (C=O) groups is 1. The molecule has 19 heavy (non-hydrogen) atoms. The van der Waals surface area contributed by atoms with Crippen molar-refractivity contribution in [1.29, 1.82) is 0 Å². The summed E-state index contributed by atoms with van der Waals surface area (Å²) in [4.78, 5) is 11.4. The summed E-state index contributed by atoms with van der Waals surface area (Å²) in [6.07, 6.45) is 2.01. The van der Waals surface area contributed by atoms with E-state index in [1.165, 1.54) is 12.1 Å². The summed E-state index contributed by atoms with van der Waals surface area (Å²) in [5.41, 5.74) is 1.01. The van der Waals surface area contributed by atoms with Crippen LogP contribution in [-0.2, 0) is 14.8 Å². The molecule has 0 bridgehead atoms. The van der Waals surface area contributed by atoms with Crippen LogP contribution in [0.25, 0.3) is 0 Å².